The molecule has 10 aromatic rings. The van der Waals surface area contributed by atoms with Crippen molar-refractivity contribution in [3.8, 4) is 11.1 Å². The van der Waals surface area contributed by atoms with E-state index in [0.717, 1.165) is 74.8 Å². The molecule has 0 fully saturated rings. The zero-order valence-corrected chi connectivity index (χ0v) is 46.8. The van der Waals surface area contributed by atoms with Crippen LogP contribution in [0.1, 0.15) is 156 Å². The molecular weight excluding hydrogens is 920 g/mol. The Balaban J connectivity index is 1.15. The third-order valence-electron chi connectivity index (χ3n) is 18.7. The summed E-state index contributed by atoms with van der Waals surface area (Å²) < 4.78 is 17.2. The normalized spacial score (nSPS) is 18.3. The highest BCUT2D eigenvalue weighted by Crippen LogP contribution is 2.57. The van der Waals surface area contributed by atoms with Crippen molar-refractivity contribution >= 4 is 111 Å². The van der Waals surface area contributed by atoms with Crippen LogP contribution in [0.15, 0.2) is 124 Å². The Morgan fingerprint density at radius 1 is 0.473 bits per heavy atom. The monoisotopic (exact) mass is 989 g/mol. The van der Waals surface area contributed by atoms with E-state index in [2.05, 4.69) is 222 Å². The Bertz CT molecular complexity index is 4070. The van der Waals surface area contributed by atoms with E-state index in [-0.39, 0.29) is 39.3 Å². The van der Waals surface area contributed by atoms with E-state index in [1.54, 1.807) is 0 Å². The summed E-state index contributed by atoms with van der Waals surface area (Å²) in [5, 5.41) is 5.92. The van der Waals surface area contributed by atoms with Crippen LogP contribution in [-0.2, 0) is 32.5 Å². The Hall–Kier alpha value is -6.24. The summed E-state index contributed by atoms with van der Waals surface area (Å²) in [5.41, 5.74) is 22.0. The second-order valence-corrected chi connectivity index (χ2v) is 28.6. The average Bonchev–Trinajstić information content (AvgIpc) is 4.08. The van der Waals surface area contributed by atoms with Crippen LogP contribution in [0, 0.1) is 0 Å². The van der Waals surface area contributed by atoms with Gasteiger partial charge in [0.1, 0.15) is 16.7 Å². The van der Waals surface area contributed by atoms with Crippen molar-refractivity contribution in [2.24, 2.45) is 0 Å². The number of benzene rings is 7. The Morgan fingerprint density at radius 2 is 1.05 bits per heavy atom. The minimum atomic E-state index is -0.184. The van der Waals surface area contributed by atoms with Gasteiger partial charge in [0.2, 0.25) is 0 Å². The van der Waals surface area contributed by atoms with Crippen LogP contribution in [0.25, 0.3) is 65.1 Å². The van der Waals surface area contributed by atoms with Crippen molar-refractivity contribution in [1.82, 2.24) is 0 Å². The molecule has 5 heterocycles. The quantitative estimate of drug-likeness (QED) is 0.162. The fraction of sp³-hybridized carbons (Fsp3) is 0.353. The Labute approximate surface area is 441 Å². The van der Waals surface area contributed by atoms with Crippen molar-refractivity contribution in [1.29, 1.82) is 0 Å². The van der Waals surface area contributed by atoms with E-state index in [0.29, 0.717) is 0 Å². The lowest BCUT2D eigenvalue weighted by Gasteiger charge is -2.45. The molecule has 4 nitrogen and oxygen atoms in total. The maximum Gasteiger partial charge on any atom is 0.343 e. The number of hydrogen-bond donors (Lipinski definition) is 0. The van der Waals surface area contributed by atoms with Crippen LogP contribution in [0.5, 0.6) is 0 Å². The number of anilines is 5. The van der Waals surface area contributed by atoms with Crippen LogP contribution in [-0.4, -0.2) is 6.85 Å². The number of para-hydroxylation sites is 1. The standard InChI is InChI=1S/C68H69BN2O2S/c1-63(2,3)38-19-22-40(23-20-38)71-53-37-56-44(45-35-51-52(36-55(45)72-56)68(13,14)30-29-67(51,11)12)33-43(53)46-34-47-42-17-15-16-18-54(42)73-61(47)60-58(46)69(71)62-59(48-31-39(64(4,5)6)21-26-57(48)74-62)70(60)41-24-25-49-50(32-41)66(9,10)28-27-65(49,7)8/h15-26,31-37H,27-30H2,1-14H3. The molecule has 0 bridgehead atoms. The number of nitrogens with zero attached hydrogens (tertiary/aromatic N) is 2. The van der Waals surface area contributed by atoms with Gasteiger partial charge in [-0.1, -0.05) is 139 Å². The summed E-state index contributed by atoms with van der Waals surface area (Å²) >= 11 is 1.96. The minimum absolute atomic E-state index is 0.00113. The number of fused-ring (bicyclic) bond motifs is 15. The lowest BCUT2D eigenvalue weighted by molar-refractivity contribution is 0.332. The van der Waals surface area contributed by atoms with E-state index in [1.165, 1.54) is 88.0 Å². The first-order chi connectivity index (χ1) is 34.9. The molecule has 0 radical (unpaired) electrons. The molecule has 7 aromatic carbocycles. The molecule has 2 aliphatic heterocycles. The number of thiophene rings is 1. The molecule has 0 unspecified atom stereocenters. The number of furan rings is 2. The van der Waals surface area contributed by atoms with E-state index >= 15 is 0 Å². The van der Waals surface area contributed by atoms with Gasteiger partial charge < -0.3 is 18.5 Å². The summed E-state index contributed by atoms with van der Waals surface area (Å²) in [6.45, 7) is 33.2. The van der Waals surface area contributed by atoms with Gasteiger partial charge in [-0.3, -0.25) is 0 Å². The topological polar surface area (TPSA) is 32.8 Å². The Kier molecular flexibility index (Phi) is 9.25. The Morgan fingerprint density at radius 3 is 1.74 bits per heavy atom. The van der Waals surface area contributed by atoms with Gasteiger partial charge >= 0.3 is 6.85 Å². The molecule has 2 aliphatic carbocycles. The minimum Gasteiger partial charge on any atom is -0.456 e. The molecule has 0 saturated heterocycles. The maximum absolute atomic E-state index is 7.36. The van der Waals surface area contributed by atoms with Gasteiger partial charge in [-0.05, 0) is 169 Å². The fourth-order valence-electron chi connectivity index (χ4n) is 13.9. The van der Waals surface area contributed by atoms with Crippen LogP contribution in [0.4, 0.5) is 28.4 Å². The van der Waals surface area contributed by atoms with E-state index in [9.17, 15) is 0 Å². The zero-order chi connectivity index (χ0) is 51.6. The predicted octanol–water partition coefficient (Wildman–Crippen LogP) is 18.7. The third kappa shape index (κ3) is 6.45. The molecular formula is C68H69BN2O2S. The van der Waals surface area contributed by atoms with Gasteiger partial charge in [0.25, 0.3) is 0 Å². The predicted molar refractivity (Wildman–Crippen MR) is 318 cm³/mol. The summed E-state index contributed by atoms with van der Waals surface area (Å²) in [4.78, 5) is 5.33. The molecule has 0 saturated carbocycles. The second kappa shape index (κ2) is 14.8. The van der Waals surface area contributed by atoms with Gasteiger partial charge in [0, 0.05) is 65.1 Å². The van der Waals surface area contributed by atoms with Crippen LogP contribution < -0.4 is 20.0 Å². The van der Waals surface area contributed by atoms with Crippen molar-refractivity contribution in [3.63, 3.8) is 0 Å². The molecule has 372 valence electrons. The zero-order valence-electron chi connectivity index (χ0n) is 46.0. The summed E-state index contributed by atoms with van der Waals surface area (Å²) in [6.07, 6.45) is 4.63. The molecule has 74 heavy (non-hydrogen) atoms. The van der Waals surface area contributed by atoms with Crippen LogP contribution in [0.3, 0.4) is 0 Å². The lowest BCUT2D eigenvalue weighted by Crippen LogP contribution is -2.60. The average molecular weight is 989 g/mol. The van der Waals surface area contributed by atoms with E-state index < -0.39 is 0 Å². The van der Waals surface area contributed by atoms with Crippen LogP contribution in [0.2, 0.25) is 0 Å². The largest absolute Gasteiger partial charge is 0.456 e. The first kappa shape index (κ1) is 46.3. The molecule has 0 spiro atoms. The maximum atomic E-state index is 7.36. The van der Waals surface area contributed by atoms with Crippen molar-refractivity contribution < 1.29 is 8.83 Å². The second-order valence-electron chi connectivity index (χ2n) is 27.5. The molecule has 0 N–H and O–H groups in total. The first-order valence-electron chi connectivity index (χ1n) is 27.4. The highest BCUT2D eigenvalue weighted by Gasteiger charge is 2.50. The molecule has 0 amide bonds. The highest BCUT2D eigenvalue weighted by atomic mass is 32.1. The van der Waals surface area contributed by atoms with Crippen LogP contribution >= 0.6 is 11.3 Å². The van der Waals surface area contributed by atoms with Crippen molar-refractivity contribution in [2.75, 3.05) is 9.71 Å². The lowest BCUT2D eigenvalue weighted by atomic mass is 9.46. The first-order valence-corrected chi connectivity index (χ1v) is 28.2. The summed E-state index contributed by atoms with van der Waals surface area (Å²) in [5.74, 6) is 0. The molecule has 0 atom stereocenters. The van der Waals surface area contributed by atoms with Crippen molar-refractivity contribution in [3.05, 3.63) is 149 Å². The molecule has 3 aromatic heterocycles. The van der Waals surface area contributed by atoms with E-state index in [4.69, 9.17) is 8.83 Å². The van der Waals surface area contributed by atoms with Gasteiger partial charge in [0.15, 0.2) is 5.58 Å². The summed E-state index contributed by atoms with van der Waals surface area (Å²) in [6, 6.07) is 45.1. The molecule has 6 heteroatoms. The van der Waals surface area contributed by atoms with Gasteiger partial charge in [-0.15, -0.1) is 11.3 Å². The molecule has 4 aliphatic rings. The highest BCUT2D eigenvalue weighted by molar-refractivity contribution is 7.32. The van der Waals surface area contributed by atoms with Crippen molar-refractivity contribution in [2.45, 2.75) is 155 Å². The third-order valence-corrected chi connectivity index (χ3v) is 19.9. The number of rotatable bonds is 2. The SMILES string of the molecule is CC(C)(C)c1ccc(N2B3c4sc5ccc(C(C)(C)C)cc5c4N(c4ccc5c(c4)C(C)(C)CCC5(C)C)c4c3c(cc3c4oc4ccccc43)-c3cc4c(cc32)oc2cc3c(cc24)C(C)(C)CCC3(C)C)cc1. The van der Waals surface area contributed by atoms with E-state index in [1.807, 2.05) is 11.3 Å². The smallest absolute Gasteiger partial charge is 0.343 e. The summed E-state index contributed by atoms with van der Waals surface area (Å²) in [7, 11) is 0. The number of hydrogen-bond acceptors (Lipinski definition) is 5. The molecule has 14 rings (SSSR count). The fourth-order valence-corrected chi connectivity index (χ4v) is 15.1. The van der Waals surface area contributed by atoms with Gasteiger partial charge in [0.05, 0.1) is 11.4 Å². The van der Waals surface area contributed by atoms with Gasteiger partial charge in [-0.25, -0.2) is 0 Å². The van der Waals surface area contributed by atoms with Gasteiger partial charge in [-0.2, -0.15) is 0 Å².